The lowest BCUT2D eigenvalue weighted by molar-refractivity contribution is -0.111. The second kappa shape index (κ2) is 15.6. The minimum Gasteiger partial charge on any atom is -0.480 e. The molecule has 2 atom stereocenters. The molecule has 1 aliphatic carbocycles. The first-order chi connectivity index (χ1) is 25.5. The molecule has 0 saturated carbocycles. The zero-order valence-electron chi connectivity index (χ0n) is 33.0. The smallest absolute Gasteiger partial charge is 0.321 e. The van der Waals surface area contributed by atoms with E-state index >= 15 is 0 Å². The number of urea groups is 1. The molecule has 0 fully saturated rings. The van der Waals surface area contributed by atoms with Gasteiger partial charge >= 0.3 is 6.03 Å². The van der Waals surface area contributed by atoms with Crippen LogP contribution < -0.4 is 20.7 Å². The summed E-state index contributed by atoms with van der Waals surface area (Å²) in [4.78, 5) is 51.2. The maximum absolute atomic E-state index is 13.7. The van der Waals surface area contributed by atoms with Gasteiger partial charge in [-0.05, 0) is 56.8 Å². The number of hydrogen-bond acceptors (Lipinski definition) is 10. The van der Waals surface area contributed by atoms with Crippen molar-refractivity contribution in [3.63, 3.8) is 0 Å². The number of amides is 3. The molecule has 0 aliphatic heterocycles. The molecule has 3 heterocycles. The fourth-order valence-electron chi connectivity index (χ4n) is 6.82. The summed E-state index contributed by atoms with van der Waals surface area (Å²) < 4.78 is 13.8. The quantitative estimate of drug-likeness (QED) is 0.111. The number of rotatable bonds is 14. The van der Waals surface area contributed by atoms with Crippen LogP contribution in [0, 0.1) is 0 Å². The Bertz CT molecular complexity index is 2030. The standard InChI is InChI=1S/C40H53N9O5/c1-11-39(12-2,48(8)9)23-41-34(51)33-42-30(37(3,4)5)21-31(43-33)44-36(52)45-40(24-50)20-19-29(27-15-13-14-16-28(27)40)54-26-17-18-32-46-47-35(49(32)22-26)38(6,7)25-53-10/h13-22,24,29H,11-12,23,25H2,1-10H3,(H,41,51)(H2,42,43,44,45,52)/t29-,40-/m1/s1. The Kier molecular flexibility index (Phi) is 11.6. The van der Waals surface area contributed by atoms with Crippen LogP contribution in [0.2, 0.25) is 0 Å². The van der Waals surface area contributed by atoms with Crippen molar-refractivity contribution in [1.82, 2.24) is 40.1 Å². The lowest BCUT2D eigenvalue weighted by Crippen LogP contribution is -2.52. The van der Waals surface area contributed by atoms with E-state index in [9.17, 15) is 14.4 Å². The van der Waals surface area contributed by atoms with Crippen molar-refractivity contribution in [2.24, 2.45) is 0 Å². The van der Waals surface area contributed by atoms with Crippen molar-refractivity contribution in [1.29, 1.82) is 0 Å². The van der Waals surface area contributed by atoms with Gasteiger partial charge in [0.2, 0.25) is 5.82 Å². The Balaban J connectivity index is 1.39. The van der Waals surface area contributed by atoms with Gasteiger partial charge < -0.3 is 25.0 Å². The van der Waals surface area contributed by atoms with Crippen molar-refractivity contribution in [3.8, 4) is 5.75 Å². The number of methoxy groups -OCH3 is 1. The number of anilines is 1. The lowest BCUT2D eigenvalue weighted by Gasteiger charge is -2.38. The Morgan fingerprint density at radius 1 is 1.02 bits per heavy atom. The second-order valence-electron chi connectivity index (χ2n) is 15.7. The predicted octanol–water partition coefficient (Wildman–Crippen LogP) is 5.50. The molecular formula is C40H53N9O5. The minimum atomic E-state index is -1.52. The number of nitrogens with one attached hydrogen (secondary N) is 3. The van der Waals surface area contributed by atoms with Crippen molar-refractivity contribution in [3.05, 3.63) is 89.3 Å². The molecule has 0 spiro atoms. The van der Waals surface area contributed by atoms with Crippen LogP contribution in [0.4, 0.5) is 10.6 Å². The van der Waals surface area contributed by atoms with Crippen LogP contribution in [0.15, 0.2) is 60.8 Å². The summed E-state index contributed by atoms with van der Waals surface area (Å²) in [7, 11) is 5.64. The van der Waals surface area contributed by atoms with Gasteiger partial charge in [-0.15, -0.1) is 10.2 Å². The molecule has 14 heteroatoms. The molecule has 1 aliphatic rings. The molecule has 288 valence electrons. The lowest BCUT2D eigenvalue weighted by atomic mass is 9.81. The van der Waals surface area contributed by atoms with Crippen LogP contribution in [0.1, 0.15) is 101 Å². The molecule has 0 saturated heterocycles. The third kappa shape index (κ3) is 8.14. The van der Waals surface area contributed by atoms with Crippen LogP contribution in [-0.2, 0) is 25.9 Å². The van der Waals surface area contributed by atoms with E-state index in [4.69, 9.17) is 9.47 Å². The van der Waals surface area contributed by atoms with E-state index in [2.05, 4.69) is 54.9 Å². The monoisotopic (exact) mass is 739 g/mol. The third-order valence-electron chi connectivity index (χ3n) is 10.3. The van der Waals surface area contributed by atoms with E-state index in [0.29, 0.717) is 47.7 Å². The fourth-order valence-corrected chi connectivity index (χ4v) is 6.82. The van der Waals surface area contributed by atoms with Gasteiger partial charge in [0.1, 0.15) is 29.0 Å². The van der Waals surface area contributed by atoms with Gasteiger partial charge in [-0.3, -0.25) is 19.3 Å². The third-order valence-corrected chi connectivity index (χ3v) is 10.3. The molecule has 4 aromatic rings. The first-order valence-electron chi connectivity index (χ1n) is 18.2. The van der Waals surface area contributed by atoms with Gasteiger partial charge in [-0.25, -0.2) is 14.8 Å². The zero-order chi connectivity index (χ0) is 39.5. The number of aromatic nitrogens is 5. The van der Waals surface area contributed by atoms with Crippen molar-refractivity contribution in [2.75, 3.05) is 39.7 Å². The van der Waals surface area contributed by atoms with Gasteiger partial charge in [-0.2, -0.15) is 0 Å². The molecular weight excluding hydrogens is 686 g/mol. The summed E-state index contributed by atoms with van der Waals surface area (Å²) in [5.41, 5.74) is -0.149. The fraction of sp³-hybridized carbons (Fsp3) is 0.475. The summed E-state index contributed by atoms with van der Waals surface area (Å²) in [6.07, 6.45) is 6.98. The highest BCUT2D eigenvalue weighted by Gasteiger charge is 2.39. The summed E-state index contributed by atoms with van der Waals surface area (Å²) >= 11 is 0. The second-order valence-corrected chi connectivity index (χ2v) is 15.7. The molecule has 1 aromatic carbocycles. The highest BCUT2D eigenvalue weighted by Crippen LogP contribution is 2.37. The van der Waals surface area contributed by atoms with E-state index in [1.165, 1.54) is 0 Å². The Hall–Kier alpha value is -5.21. The van der Waals surface area contributed by atoms with Crippen LogP contribution in [0.25, 0.3) is 5.65 Å². The van der Waals surface area contributed by atoms with Gasteiger partial charge in [0.25, 0.3) is 5.91 Å². The van der Waals surface area contributed by atoms with E-state index in [1.54, 1.807) is 37.5 Å². The van der Waals surface area contributed by atoms with Crippen LogP contribution >= 0.6 is 0 Å². The van der Waals surface area contributed by atoms with Gasteiger partial charge in [0.15, 0.2) is 11.9 Å². The van der Waals surface area contributed by atoms with E-state index in [1.807, 2.05) is 83.6 Å². The number of nitrogens with zero attached hydrogens (tertiary/aromatic N) is 6. The van der Waals surface area contributed by atoms with Gasteiger partial charge in [-0.1, -0.05) is 72.7 Å². The number of benzene rings is 1. The number of carbonyl (C=O) groups excluding carboxylic acids is 3. The predicted molar refractivity (Wildman–Crippen MR) is 207 cm³/mol. The van der Waals surface area contributed by atoms with Gasteiger partial charge in [0.05, 0.1) is 18.5 Å². The Morgan fingerprint density at radius 3 is 2.39 bits per heavy atom. The maximum atomic E-state index is 13.7. The molecule has 5 rings (SSSR count). The molecule has 54 heavy (non-hydrogen) atoms. The number of aldehydes is 1. The number of ether oxygens (including phenoxy) is 2. The van der Waals surface area contributed by atoms with Crippen molar-refractivity contribution >= 4 is 29.7 Å². The number of likely N-dealkylation sites (N-methyl/N-ethyl adjacent to an activating group) is 1. The number of pyridine rings is 1. The SMILES string of the molecule is CCC(CC)(CNC(=O)c1nc(NC(=O)N[C@@]2(C=O)C=C[C@@H](Oc3ccc4nnc(C(C)(C)COC)n4c3)c3ccccc32)cc(C(C)(C)C)n1)N(C)C. The molecule has 3 aromatic heterocycles. The van der Waals surface area contributed by atoms with Crippen molar-refractivity contribution in [2.45, 2.75) is 89.3 Å². The van der Waals surface area contributed by atoms with E-state index in [0.717, 1.165) is 18.7 Å². The largest absolute Gasteiger partial charge is 0.480 e. The molecule has 0 bridgehead atoms. The summed E-state index contributed by atoms with van der Waals surface area (Å²) in [5.74, 6) is 0.890. The molecule has 0 radical (unpaired) electrons. The first kappa shape index (κ1) is 40.0. The molecule has 3 amide bonds. The molecule has 14 nitrogen and oxygen atoms in total. The van der Waals surface area contributed by atoms with Gasteiger partial charge in [0, 0.05) is 41.7 Å². The summed E-state index contributed by atoms with van der Waals surface area (Å²) in [6, 6.07) is 11.9. The van der Waals surface area contributed by atoms with E-state index < -0.39 is 34.4 Å². The number of hydrogen-bond donors (Lipinski definition) is 3. The Labute approximate surface area is 317 Å². The normalized spacial score (nSPS) is 17.3. The van der Waals surface area contributed by atoms with E-state index in [-0.39, 0.29) is 17.2 Å². The van der Waals surface area contributed by atoms with Crippen LogP contribution in [0.3, 0.4) is 0 Å². The van der Waals surface area contributed by atoms with Crippen molar-refractivity contribution < 1.29 is 23.9 Å². The zero-order valence-corrected chi connectivity index (χ0v) is 33.0. The summed E-state index contributed by atoms with van der Waals surface area (Å²) in [6.45, 7) is 15.0. The highest BCUT2D eigenvalue weighted by molar-refractivity contribution is 5.94. The average Bonchev–Trinajstić information content (AvgIpc) is 3.57. The highest BCUT2D eigenvalue weighted by atomic mass is 16.5. The summed E-state index contributed by atoms with van der Waals surface area (Å²) in [5, 5.41) is 17.3. The van der Waals surface area contributed by atoms with Crippen LogP contribution in [-0.4, -0.2) is 87.6 Å². The number of carbonyl (C=O) groups is 3. The molecule has 0 unspecified atom stereocenters. The van der Waals surface area contributed by atoms with Crippen LogP contribution in [0.5, 0.6) is 5.75 Å². The topological polar surface area (TPSA) is 165 Å². The molecule has 3 N–H and O–H groups in total. The average molecular weight is 740 g/mol. The minimum absolute atomic E-state index is 0.0652. The number of fused-ring (bicyclic) bond motifs is 2. The Morgan fingerprint density at radius 2 is 1.74 bits per heavy atom. The first-order valence-corrected chi connectivity index (χ1v) is 18.2. The maximum Gasteiger partial charge on any atom is 0.321 e.